The number of nitrogens with one attached hydrogen (secondary N) is 1. The van der Waals surface area contributed by atoms with E-state index >= 15 is 0 Å². The van der Waals surface area contributed by atoms with Crippen LogP contribution >= 0.6 is 0 Å². The number of hydrogen-bond acceptors (Lipinski definition) is 3. The van der Waals surface area contributed by atoms with Crippen molar-refractivity contribution in [3.63, 3.8) is 0 Å². The first-order chi connectivity index (χ1) is 13.4. The molecule has 28 heavy (non-hydrogen) atoms. The molecule has 1 heterocycles. The summed E-state index contributed by atoms with van der Waals surface area (Å²) in [7, 11) is 0. The molecule has 2 fully saturated rings. The van der Waals surface area contributed by atoms with Crippen LogP contribution in [0, 0.1) is 0 Å². The van der Waals surface area contributed by atoms with Gasteiger partial charge >= 0.3 is 6.18 Å². The van der Waals surface area contributed by atoms with Crippen molar-refractivity contribution in [2.24, 2.45) is 10.7 Å². The smallest absolute Gasteiger partial charge is 0.378 e. The quantitative estimate of drug-likeness (QED) is 0.462. The molecule has 1 aliphatic heterocycles. The summed E-state index contributed by atoms with van der Waals surface area (Å²) in [6, 6.07) is 4.71. The summed E-state index contributed by atoms with van der Waals surface area (Å²) in [4.78, 5) is 6.10. The normalized spacial score (nSPS) is 20.1. The predicted molar refractivity (Wildman–Crippen MR) is 104 cm³/mol. The number of ether oxygens (including phenoxy) is 1. The van der Waals surface area contributed by atoms with E-state index in [9.17, 15) is 13.2 Å². The highest BCUT2D eigenvalue weighted by molar-refractivity contribution is 5.78. The lowest BCUT2D eigenvalue weighted by atomic mass is 10.1. The van der Waals surface area contributed by atoms with Crippen molar-refractivity contribution in [1.29, 1.82) is 0 Å². The molecule has 3 rings (SSSR count). The van der Waals surface area contributed by atoms with Crippen LogP contribution < -0.4 is 16.0 Å². The summed E-state index contributed by atoms with van der Waals surface area (Å²) in [6.07, 6.45) is 2.35. The van der Waals surface area contributed by atoms with E-state index in [1.807, 2.05) is 4.90 Å². The molecular weight excluding hydrogens is 369 g/mol. The van der Waals surface area contributed by atoms with Gasteiger partial charge in [0.2, 0.25) is 0 Å². The lowest BCUT2D eigenvalue weighted by Crippen LogP contribution is -2.39. The van der Waals surface area contributed by atoms with Crippen molar-refractivity contribution in [3.8, 4) is 0 Å². The minimum Gasteiger partial charge on any atom is -0.378 e. The number of aliphatic imine (C=N–C) groups is 1. The van der Waals surface area contributed by atoms with Gasteiger partial charge in [0, 0.05) is 24.8 Å². The van der Waals surface area contributed by atoms with Crippen molar-refractivity contribution >= 4 is 11.6 Å². The Morgan fingerprint density at radius 2 is 1.82 bits per heavy atom. The van der Waals surface area contributed by atoms with E-state index in [2.05, 4.69) is 10.3 Å². The van der Waals surface area contributed by atoms with Gasteiger partial charge in [-0.2, -0.15) is 13.2 Å². The van der Waals surface area contributed by atoms with Crippen LogP contribution in [0.25, 0.3) is 0 Å². The molecule has 1 aromatic rings. The maximum atomic E-state index is 13.6. The molecule has 1 saturated carbocycles. The second-order valence-electron chi connectivity index (χ2n) is 7.47. The molecule has 156 valence electrons. The summed E-state index contributed by atoms with van der Waals surface area (Å²) < 4.78 is 46.1. The number of alkyl halides is 3. The first kappa shape index (κ1) is 20.8. The summed E-state index contributed by atoms with van der Waals surface area (Å²) in [5.74, 6) is 0.220. The second-order valence-corrected chi connectivity index (χ2v) is 7.47. The molecule has 1 aromatic carbocycles. The Hall–Kier alpha value is -1.96. The van der Waals surface area contributed by atoms with E-state index < -0.39 is 11.7 Å². The van der Waals surface area contributed by atoms with Gasteiger partial charge in [0.05, 0.1) is 25.3 Å². The fraction of sp³-hybridized carbons (Fsp3) is 0.650. The van der Waals surface area contributed by atoms with E-state index in [0.717, 1.165) is 25.7 Å². The molecule has 0 radical (unpaired) electrons. The first-order valence-corrected chi connectivity index (χ1v) is 10.0. The molecule has 0 unspecified atom stereocenters. The van der Waals surface area contributed by atoms with Gasteiger partial charge in [-0.15, -0.1) is 0 Å². The van der Waals surface area contributed by atoms with Crippen LogP contribution in [-0.4, -0.2) is 38.3 Å². The summed E-state index contributed by atoms with van der Waals surface area (Å²) in [5, 5.41) is 3.17. The number of nitrogens with two attached hydrogens (primary N) is 1. The van der Waals surface area contributed by atoms with Crippen molar-refractivity contribution in [2.75, 3.05) is 31.2 Å². The lowest BCUT2D eigenvalue weighted by molar-refractivity contribution is -0.138. The minimum absolute atomic E-state index is 0.0935. The zero-order valence-electron chi connectivity index (χ0n) is 16.1. The molecule has 1 aliphatic carbocycles. The van der Waals surface area contributed by atoms with Gasteiger partial charge in [-0.3, -0.25) is 0 Å². The highest BCUT2D eigenvalue weighted by Gasteiger charge is 2.34. The molecular formula is C20H29F3N4O. The Balaban J connectivity index is 1.71. The third-order valence-electron chi connectivity index (χ3n) is 5.40. The number of anilines is 1. The van der Waals surface area contributed by atoms with E-state index in [0.29, 0.717) is 32.0 Å². The molecule has 0 spiro atoms. The van der Waals surface area contributed by atoms with E-state index in [4.69, 9.17) is 10.5 Å². The molecule has 0 aromatic heterocycles. The fourth-order valence-electron chi connectivity index (χ4n) is 3.83. The number of benzene rings is 1. The average molecular weight is 398 g/mol. The molecule has 5 nitrogen and oxygen atoms in total. The zero-order valence-corrected chi connectivity index (χ0v) is 16.1. The van der Waals surface area contributed by atoms with Crippen molar-refractivity contribution in [1.82, 2.24) is 5.32 Å². The Bertz CT molecular complexity index is 664. The zero-order chi connectivity index (χ0) is 20.0. The molecule has 3 N–H and O–H groups in total. The van der Waals surface area contributed by atoms with Gasteiger partial charge in [0.1, 0.15) is 0 Å². The third kappa shape index (κ3) is 5.77. The van der Waals surface area contributed by atoms with Crippen LogP contribution in [-0.2, 0) is 17.5 Å². The van der Waals surface area contributed by atoms with Crippen LogP contribution in [0.3, 0.4) is 0 Å². The van der Waals surface area contributed by atoms with Gasteiger partial charge in [-0.25, -0.2) is 4.99 Å². The highest BCUT2D eigenvalue weighted by Crippen LogP contribution is 2.35. The minimum atomic E-state index is -4.43. The van der Waals surface area contributed by atoms with Crippen molar-refractivity contribution in [3.05, 3.63) is 29.3 Å². The number of hydrogen-bond donors (Lipinski definition) is 2. The Morgan fingerprint density at radius 3 is 2.46 bits per heavy atom. The monoisotopic (exact) mass is 398 g/mol. The molecule has 2 aliphatic rings. The Labute approximate surface area is 164 Å². The number of rotatable bonds is 4. The number of nitrogens with zero attached hydrogens (tertiary/aromatic N) is 2. The van der Waals surface area contributed by atoms with Crippen molar-refractivity contribution in [2.45, 2.75) is 57.3 Å². The molecule has 1 saturated heterocycles. The first-order valence-electron chi connectivity index (χ1n) is 10.0. The lowest BCUT2D eigenvalue weighted by Gasteiger charge is -2.29. The van der Waals surface area contributed by atoms with E-state index in [-0.39, 0.29) is 24.1 Å². The summed E-state index contributed by atoms with van der Waals surface area (Å²) in [5.41, 5.74) is 5.99. The standard InChI is InChI=1S/C20H29F3N4O/c21-20(22,23)18-13-17(27-9-11-28-12-10-27)8-7-15(18)14-25-19(24)26-16-5-3-1-2-4-6-16/h7-8,13,16H,1-6,9-12,14H2,(H3,24,25,26). The van der Waals surface area contributed by atoms with E-state index in [1.165, 1.54) is 25.0 Å². The molecule has 0 amide bonds. The highest BCUT2D eigenvalue weighted by atomic mass is 19.4. The molecule has 0 atom stereocenters. The summed E-state index contributed by atoms with van der Waals surface area (Å²) in [6.45, 7) is 2.14. The van der Waals surface area contributed by atoms with Crippen LogP contribution in [0.1, 0.15) is 49.7 Å². The predicted octanol–water partition coefficient (Wildman–Crippen LogP) is 3.67. The van der Waals surface area contributed by atoms with Crippen LogP contribution in [0.2, 0.25) is 0 Å². The fourth-order valence-corrected chi connectivity index (χ4v) is 3.83. The third-order valence-corrected chi connectivity index (χ3v) is 5.40. The number of halogens is 3. The van der Waals surface area contributed by atoms with Crippen molar-refractivity contribution < 1.29 is 17.9 Å². The van der Waals surface area contributed by atoms with Gasteiger partial charge in [-0.05, 0) is 30.5 Å². The van der Waals surface area contributed by atoms with Crippen LogP contribution in [0.5, 0.6) is 0 Å². The number of morpholine rings is 1. The second kappa shape index (κ2) is 9.49. The van der Waals surface area contributed by atoms with Gasteiger partial charge in [0.25, 0.3) is 0 Å². The van der Waals surface area contributed by atoms with Gasteiger partial charge < -0.3 is 20.7 Å². The molecule has 8 heteroatoms. The van der Waals surface area contributed by atoms with Crippen LogP contribution in [0.4, 0.5) is 18.9 Å². The summed E-state index contributed by atoms with van der Waals surface area (Å²) >= 11 is 0. The number of guanidine groups is 1. The maximum Gasteiger partial charge on any atom is 0.416 e. The molecule has 0 bridgehead atoms. The Kier molecular flexibility index (Phi) is 7.04. The average Bonchev–Trinajstić information content (AvgIpc) is 2.95. The van der Waals surface area contributed by atoms with E-state index in [1.54, 1.807) is 6.07 Å². The van der Waals surface area contributed by atoms with Crippen LogP contribution in [0.15, 0.2) is 23.2 Å². The maximum absolute atomic E-state index is 13.6. The van der Waals surface area contributed by atoms with Gasteiger partial charge in [0.15, 0.2) is 5.96 Å². The Morgan fingerprint density at radius 1 is 1.14 bits per heavy atom. The van der Waals surface area contributed by atoms with Gasteiger partial charge in [-0.1, -0.05) is 31.7 Å². The SMILES string of the molecule is NC(=NCc1ccc(N2CCOCC2)cc1C(F)(F)F)NC1CCCCCC1. The topological polar surface area (TPSA) is 62.9 Å². The largest absolute Gasteiger partial charge is 0.416 e.